The van der Waals surface area contributed by atoms with Crippen LogP contribution in [0.15, 0.2) is 24.5 Å². The van der Waals surface area contributed by atoms with Gasteiger partial charge < -0.3 is 4.74 Å². The number of aryl methyl sites for hydroxylation is 2. The number of aromatic nitrogens is 3. The Bertz CT molecular complexity index is 602. The highest BCUT2D eigenvalue weighted by molar-refractivity contribution is 5.35. The van der Waals surface area contributed by atoms with Crippen molar-refractivity contribution >= 4 is 0 Å². The number of nitrogens with one attached hydrogen (secondary N) is 1. The fourth-order valence-electron chi connectivity index (χ4n) is 2.12. The number of hydrazine groups is 1. The number of ether oxygens (including phenoxy) is 1. The number of hydrogen-bond donors (Lipinski definition) is 2. The van der Waals surface area contributed by atoms with Gasteiger partial charge in [-0.05, 0) is 43.5 Å². The van der Waals surface area contributed by atoms with E-state index in [-0.39, 0.29) is 6.04 Å². The minimum atomic E-state index is -0.197. The van der Waals surface area contributed by atoms with E-state index in [0.29, 0.717) is 6.61 Å². The van der Waals surface area contributed by atoms with E-state index < -0.39 is 0 Å². The van der Waals surface area contributed by atoms with E-state index in [0.717, 1.165) is 34.7 Å². The largest absolute Gasteiger partial charge is 0.492 e. The molecule has 0 saturated heterocycles. The molecule has 112 valence electrons. The summed E-state index contributed by atoms with van der Waals surface area (Å²) in [6.45, 7) is 6.55. The van der Waals surface area contributed by atoms with Crippen LogP contribution in [0.2, 0.25) is 0 Å². The maximum Gasteiger partial charge on any atom is 0.137 e. The molecule has 0 spiro atoms. The smallest absolute Gasteiger partial charge is 0.137 e. The molecule has 2 heterocycles. The summed E-state index contributed by atoms with van der Waals surface area (Å²) < 4.78 is 5.62. The van der Waals surface area contributed by atoms with Gasteiger partial charge in [-0.25, -0.2) is 5.43 Å². The second-order valence-electron chi connectivity index (χ2n) is 4.93. The highest BCUT2D eigenvalue weighted by Gasteiger charge is 2.17. The van der Waals surface area contributed by atoms with Crippen molar-refractivity contribution in [3.05, 3.63) is 47.0 Å². The van der Waals surface area contributed by atoms with Crippen molar-refractivity contribution in [2.24, 2.45) is 5.84 Å². The van der Waals surface area contributed by atoms with Crippen LogP contribution in [0.4, 0.5) is 0 Å². The maximum atomic E-state index is 5.74. The monoisotopic (exact) mass is 287 g/mol. The molecule has 1 unspecified atom stereocenters. The third-order valence-electron chi connectivity index (χ3n) is 3.16. The Morgan fingerprint density at radius 1 is 1.24 bits per heavy atom. The van der Waals surface area contributed by atoms with Crippen molar-refractivity contribution in [3.8, 4) is 5.75 Å². The molecule has 0 radical (unpaired) electrons. The van der Waals surface area contributed by atoms with Crippen molar-refractivity contribution in [3.63, 3.8) is 0 Å². The SMILES string of the molecule is CCCOc1cncc(C(NN)c2cc(C)nnc2C)c1. The van der Waals surface area contributed by atoms with Gasteiger partial charge in [-0.2, -0.15) is 10.2 Å². The fraction of sp³-hybridized carbons (Fsp3) is 0.400. The van der Waals surface area contributed by atoms with Crippen molar-refractivity contribution in [1.82, 2.24) is 20.6 Å². The average molecular weight is 287 g/mol. The van der Waals surface area contributed by atoms with Gasteiger partial charge in [0.2, 0.25) is 0 Å². The average Bonchev–Trinajstić information content (AvgIpc) is 2.50. The van der Waals surface area contributed by atoms with E-state index in [9.17, 15) is 0 Å². The van der Waals surface area contributed by atoms with Crippen LogP contribution >= 0.6 is 0 Å². The van der Waals surface area contributed by atoms with E-state index >= 15 is 0 Å². The highest BCUT2D eigenvalue weighted by Crippen LogP contribution is 2.25. The Hall–Kier alpha value is -2.05. The van der Waals surface area contributed by atoms with Gasteiger partial charge in [0.15, 0.2) is 0 Å². The molecule has 2 rings (SSSR count). The summed E-state index contributed by atoms with van der Waals surface area (Å²) in [5.74, 6) is 6.48. The first-order valence-corrected chi connectivity index (χ1v) is 7.00. The standard InChI is InChI=1S/C15H21N5O/c1-4-5-21-13-7-12(8-17-9-13)15(18-16)14-6-10(2)19-20-11(14)3/h6-9,15,18H,4-5,16H2,1-3H3. The molecule has 0 saturated carbocycles. The predicted octanol–water partition coefficient (Wildman–Crippen LogP) is 1.83. The summed E-state index contributed by atoms with van der Waals surface area (Å²) >= 11 is 0. The van der Waals surface area contributed by atoms with Crippen LogP contribution in [-0.2, 0) is 0 Å². The Morgan fingerprint density at radius 3 is 2.76 bits per heavy atom. The Kier molecular flexibility index (Phi) is 5.19. The van der Waals surface area contributed by atoms with E-state index in [1.54, 1.807) is 12.4 Å². The highest BCUT2D eigenvalue weighted by atomic mass is 16.5. The fourth-order valence-corrected chi connectivity index (χ4v) is 2.12. The molecule has 6 nitrogen and oxygen atoms in total. The minimum absolute atomic E-state index is 0.197. The van der Waals surface area contributed by atoms with Gasteiger partial charge in [0.1, 0.15) is 5.75 Å². The lowest BCUT2D eigenvalue weighted by molar-refractivity contribution is 0.315. The van der Waals surface area contributed by atoms with E-state index in [1.165, 1.54) is 0 Å². The van der Waals surface area contributed by atoms with Crippen molar-refractivity contribution in [1.29, 1.82) is 0 Å². The lowest BCUT2D eigenvalue weighted by Crippen LogP contribution is -2.30. The zero-order chi connectivity index (χ0) is 15.2. The van der Waals surface area contributed by atoms with E-state index in [2.05, 4.69) is 27.5 Å². The van der Waals surface area contributed by atoms with Gasteiger partial charge in [-0.15, -0.1) is 0 Å². The van der Waals surface area contributed by atoms with Crippen LogP contribution in [0.25, 0.3) is 0 Å². The maximum absolute atomic E-state index is 5.74. The molecule has 2 aromatic heterocycles. The lowest BCUT2D eigenvalue weighted by atomic mass is 9.99. The molecule has 0 fully saturated rings. The molecule has 6 heteroatoms. The molecule has 3 N–H and O–H groups in total. The molecule has 0 bridgehead atoms. The van der Waals surface area contributed by atoms with Crippen LogP contribution in [-0.4, -0.2) is 21.8 Å². The molecule has 0 aliphatic carbocycles. The molecule has 2 aromatic rings. The molecular formula is C15H21N5O. The Balaban J connectivity index is 2.34. The summed E-state index contributed by atoms with van der Waals surface area (Å²) in [6, 6.07) is 3.73. The predicted molar refractivity (Wildman–Crippen MR) is 80.7 cm³/mol. The second kappa shape index (κ2) is 7.10. The van der Waals surface area contributed by atoms with Crippen LogP contribution in [0, 0.1) is 13.8 Å². The summed E-state index contributed by atoms with van der Waals surface area (Å²) in [6.07, 6.45) is 4.43. The Labute approximate surface area is 124 Å². The zero-order valence-electron chi connectivity index (χ0n) is 12.6. The number of nitrogens with zero attached hydrogens (tertiary/aromatic N) is 3. The summed E-state index contributed by atoms with van der Waals surface area (Å²) in [5.41, 5.74) is 6.43. The number of pyridine rings is 1. The van der Waals surface area contributed by atoms with Gasteiger partial charge in [0.25, 0.3) is 0 Å². The zero-order valence-corrected chi connectivity index (χ0v) is 12.6. The summed E-state index contributed by atoms with van der Waals surface area (Å²) in [7, 11) is 0. The summed E-state index contributed by atoms with van der Waals surface area (Å²) in [4.78, 5) is 4.23. The van der Waals surface area contributed by atoms with Crippen LogP contribution in [0.3, 0.4) is 0 Å². The minimum Gasteiger partial charge on any atom is -0.492 e. The van der Waals surface area contributed by atoms with Crippen LogP contribution in [0.1, 0.15) is 41.9 Å². The van der Waals surface area contributed by atoms with Crippen molar-refractivity contribution in [2.75, 3.05) is 6.61 Å². The third-order valence-corrected chi connectivity index (χ3v) is 3.16. The molecule has 0 amide bonds. The number of nitrogens with two attached hydrogens (primary N) is 1. The Morgan fingerprint density at radius 2 is 2.05 bits per heavy atom. The van der Waals surface area contributed by atoms with Gasteiger partial charge in [0.05, 0.1) is 30.2 Å². The first-order valence-electron chi connectivity index (χ1n) is 7.00. The van der Waals surface area contributed by atoms with Gasteiger partial charge in [-0.1, -0.05) is 6.92 Å². The second-order valence-corrected chi connectivity index (χ2v) is 4.93. The molecule has 0 aliphatic heterocycles. The third kappa shape index (κ3) is 3.74. The topological polar surface area (TPSA) is 86.0 Å². The lowest BCUT2D eigenvalue weighted by Gasteiger charge is -2.19. The molecule has 1 atom stereocenters. The number of hydrogen-bond acceptors (Lipinski definition) is 6. The molecule has 0 aliphatic rings. The normalized spacial score (nSPS) is 12.2. The molecule has 0 aromatic carbocycles. The first kappa shape index (κ1) is 15.3. The van der Waals surface area contributed by atoms with Gasteiger partial charge in [0, 0.05) is 6.20 Å². The first-order chi connectivity index (χ1) is 10.2. The van der Waals surface area contributed by atoms with Gasteiger partial charge in [-0.3, -0.25) is 10.8 Å². The van der Waals surface area contributed by atoms with E-state index in [1.807, 2.05) is 26.0 Å². The van der Waals surface area contributed by atoms with Crippen LogP contribution in [0.5, 0.6) is 5.75 Å². The summed E-state index contributed by atoms with van der Waals surface area (Å²) in [5, 5.41) is 8.20. The quantitative estimate of drug-likeness (QED) is 0.622. The van der Waals surface area contributed by atoms with Crippen molar-refractivity contribution < 1.29 is 4.74 Å². The van der Waals surface area contributed by atoms with Crippen molar-refractivity contribution in [2.45, 2.75) is 33.2 Å². The molecular weight excluding hydrogens is 266 g/mol. The van der Waals surface area contributed by atoms with Crippen LogP contribution < -0.4 is 16.0 Å². The molecule has 21 heavy (non-hydrogen) atoms. The number of rotatable bonds is 6. The van der Waals surface area contributed by atoms with Gasteiger partial charge >= 0.3 is 0 Å². The van der Waals surface area contributed by atoms with E-state index in [4.69, 9.17) is 10.6 Å².